The van der Waals surface area contributed by atoms with Gasteiger partial charge in [0.25, 0.3) is 5.91 Å². The van der Waals surface area contributed by atoms with Crippen molar-refractivity contribution >= 4 is 23.2 Å². The average Bonchev–Trinajstić information content (AvgIpc) is 3.37. The molecule has 3 N–H and O–H groups in total. The molecule has 5 rings (SSSR count). The van der Waals surface area contributed by atoms with E-state index in [-0.39, 0.29) is 23.9 Å². The number of amides is 2. The largest absolute Gasteiger partial charge is 0.356 e. The Bertz CT molecular complexity index is 1050. The van der Waals surface area contributed by atoms with Crippen molar-refractivity contribution < 1.29 is 9.59 Å². The number of benzene rings is 2. The highest BCUT2D eigenvalue weighted by Crippen LogP contribution is 2.36. The molecule has 3 heterocycles. The first-order valence-electron chi connectivity index (χ1n) is 9.27. The molecule has 28 heavy (non-hydrogen) atoms. The van der Waals surface area contributed by atoms with E-state index in [1.807, 2.05) is 54.6 Å². The van der Waals surface area contributed by atoms with E-state index < -0.39 is 0 Å². The van der Waals surface area contributed by atoms with E-state index in [9.17, 15) is 9.59 Å². The highest BCUT2D eigenvalue weighted by atomic mass is 16.2. The fourth-order valence-electron chi connectivity index (χ4n) is 3.96. The summed E-state index contributed by atoms with van der Waals surface area (Å²) in [6, 6.07) is 18.8. The van der Waals surface area contributed by atoms with Gasteiger partial charge < -0.3 is 15.5 Å². The summed E-state index contributed by atoms with van der Waals surface area (Å²) in [4.78, 5) is 27.2. The first-order valence-corrected chi connectivity index (χ1v) is 9.27. The Hall–Kier alpha value is -3.61. The van der Waals surface area contributed by atoms with Crippen LogP contribution in [0.15, 0.2) is 60.7 Å². The minimum Gasteiger partial charge on any atom is -0.356 e. The number of carbonyl (C=O) groups excluding carboxylic acids is 2. The number of rotatable bonds is 3. The Kier molecular flexibility index (Phi) is 3.86. The number of H-pyrrole nitrogens is 1. The van der Waals surface area contributed by atoms with E-state index in [4.69, 9.17) is 0 Å². The number of aromatic amines is 1. The fraction of sp³-hybridized carbons (Fsp3) is 0.190. The van der Waals surface area contributed by atoms with Crippen LogP contribution in [0.3, 0.4) is 0 Å². The molecule has 7 heteroatoms. The SMILES string of the molecule is O=C(NC1CC2C(=O)Nc3ccccc3N2C1)c1cc(-c2ccccc2)n[nH]1. The molecule has 7 nitrogen and oxygen atoms in total. The lowest BCUT2D eigenvalue weighted by atomic mass is 10.1. The molecule has 3 aromatic rings. The molecule has 0 spiro atoms. The van der Waals surface area contributed by atoms with E-state index >= 15 is 0 Å². The van der Waals surface area contributed by atoms with Crippen molar-refractivity contribution in [2.24, 2.45) is 0 Å². The lowest BCUT2D eigenvalue weighted by molar-refractivity contribution is -0.117. The van der Waals surface area contributed by atoms with Gasteiger partial charge in [-0.15, -0.1) is 0 Å². The van der Waals surface area contributed by atoms with Crippen molar-refractivity contribution in [3.05, 3.63) is 66.4 Å². The number of nitrogens with zero attached hydrogens (tertiary/aromatic N) is 2. The number of anilines is 2. The molecular formula is C21H19N5O2. The van der Waals surface area contributed by atoms with Crippen LogP contribution in [0.1, 0.15) is 16.9 Å². The molecule has 2 aromatic carbocycles. The van der Waals surface area contributed by atoms with Crippen molar-refractivity contribution in [3.8, 4) is 11.3 Å². The standard InChI is InChI=1S/C21H19N5O2/c27-20(17-11-16(24-25-17)13-6-2-1-3-7-13)22-14-10-19-21(28)23-15-8-4-5-9-18(15)26(19)12-14/h1-9,11,14,19H,10,12H2,(H,22,27)(H,23,28)(H,24,25). The van der Waals surface area contributed by atoms with Crippen LogP contribution in [0.5, 0.6) is 0 Å². The molecule has 0 radical (unpaired) electrons. The summed E-state index contributed by atoms with van der Waals surface area (Å²) in [5, 5.41) is 13.0. The zero-order valence-electron chi connectivity index (χ0n) is 15.1. The highest BCUT2D eigenvalue weighted by Gasteiger charge is 2.41. The third-order valence-corrected chi connectivity index (χ3v) is 5.30. The van der Waals surface area contributed by atoms with Gasteiger partial charge in [-0.05, 0) is 24.6 Å². The Morgan fingerprint density at radius 1 is 1.11 bits per heavy atom. The molecule has 2 amide bonds. The number of carbonyl (C=O) groups is 2. The zero-order chi connectivity index (χ0) is 19.1. The third kappa shape index (κ3) is 2.81. The van der Waals surface area contributed by atoms with Gasteiger partial charge >= 0.3 is 0 Å². The van der Waals surface area contributed by atoms with Gasteiger partial charge in [-0.25, -0.2) is 0 Å². The normalized spacial score (nSPS) is 20.3. The van der Waals surface area contributed by atoms with Gasteiger partial charge in [-0.3, -0.25) is 14.7 Å². The van der Waals surface area contributed by atoms with E-state index in [1.165, 1.54) is 0 Å². The van der Waals surface area contributed by atoms with Crippen LogP contribution in [0.2, 0.25) is 0 Å². The second kappa shape index (κ2) is 6.53. The highest BCUT2D eigenvalue weighted by molar-refractivity contribution is 6.04. The second-order valence-corrected chi connectivity index (χ2v) is 7.11. The fourth-order valence-corrected chi connectivity index (χ4v) is 3.96. The molecule has 1 saturated heterocycles. The lowest BCUT2D eigenvalue weighted by Crippen LogP contribution is -2.44. The van der Waals surface area contributed by atoms with Crippen molar-refractivity contribution in [1.29, 1.82) is 0 Å². The number of fused-ring (bicyclic) bond motifs is 3. The van der Waals surface area contributed by atoms with Crippen LogP contribution in [-0.2, 0) is 4.79 Å². The van der Waals surface area contributed by atoms with Crippen LogP contribution < -0.4 is 15.5 Å². The van der Waals surface area contributed by atoms with Gasteiger partial charge in [0.15, 0.2) is 0 Å². The molecule has 2 aliphatic rings. The van der Waals surface area contributed by atoms with Crippen molar-refractivity contribution in [2.45, 2.75) is 18.5 Å². The van der Waals surface area contributed by atoms with E-state index in [2.05, 4.69) is 25.7 Å². The number of hydrogen-bond donors (Lipinski definition) is 3. The number of nitrogens with one attached hydrogen (secondary N) is 3. The van der Waals surface area contributed by atoms with Crippen molar-refractivity contribution in [1.82, 2.24) is 15.5 Å². The van der Waals surface area contributed by atoms with Crippen LogP contribution >= 0.6 is 0 Å². The topological polar surface area (TPSA) is 90.1 Å². The predicted molar refractivity (Wildman–Crippen MR) is 106 cm³/mol. The molecule has 2 atom stereocenters. The predicted octanol–water partition coefficient (Wildman–Crippen LogP) is 2.41. The molecule has 0 bridgehead atoms. The lowest BCUT2D eigenvalue weighted by Gasteiger charge is -2.32. The Morgan fingerprint density at radius 2 is 1.89 bits per heavy atom. The average molecular weight is 373 g/mol. The van der Waals surface area contributed by atoms with Gasteiger partial charge in [-0.2, -0.15) is 5.10 Å². The monoisotopic (exact) mass is 373 g/mol. The number of aromatic nitrogens is 2. The summed E-state index contributed by atoms with van der Waals surface area (Å²) in [5.41, 5.74) is 3.90. The van der Waals surface area contributed by atoms with Crippen LogP contribution in [0, 0.1) is 0 Å². The van der Waals surface area contributed by atoms with Crippen LogP contribution in [0.4, 0.5) is 11.4 Å². The maximum Gasteiger partial charge on any atom is 0.269 e. The van der Waals surface area contributed by atoms with Crippen molar-refractivity contribution in [3.63, 3.8) is 0 Å². The smallest absolute Gasteiger partial charge is 0.269 e. The quantitative estimate of drug-likeness (QED) is 0.658. The van der Waals surface area contributed by atoms with Crippen LogP contribution in [0.25, 0.3) is 11.3 Å². The number of para-hydroxylation sites is 2. The van der Waals surface area contributed by atoms with Gasteiger partial charge in [0.05, 0.1) is 17.1 Å². The van der Waals surface area contributed by atoms with Gasteiger partial charge in [0.1, 0.15) is 11.7 Å². The minimum absolute atomic E-state index is 0.0247. The molecule has 1 fully saturated rings. The Morgan fingerprint density at radius 3 is 2.75 bits per heavy atom. The van der Waals surface area contributed by atoms with E-state index in [0.29, 0.717) is 18.7 Å². The van der Waals surface area contributed by atoms with Gasteiger partial charge in [-0.1, -0.05) is 42.5 Å². The Labute approximate surface area is 161 Å². The van der Waals surface area contributed by atoms with Gasteiger partial charge in [0.2, 0.25) is 5.91 Å². The molecule has 0 aliphatic carbocycles. The summed E-state index contributed by atoms with van der Waals surface area (Å²) in [5.74, 6) is -0.239. The Balaban J connectivity index is 1.31. The maximum absolute atomic E-state index is 12.7. The first kappa shape index (κ1) is 16.6. The van der Waals surface area contributed by atoms with Crippen molar-refractivity contribution in [2.75, 3.05) is 16.8 Å². The molecule has 0 saturated carbocycles. The molecule has 140 valence electrons. The summed E-state index contributed by atoms with van der Waals surface area (Å²) < 4.78 is 0. The maximum atomic E-state index is 12.7. The first-order chi connectivity index (χ1) is 13.7. The molecule has 1 aromatic heterocycles. The van der Waals surface area contributed by atoms with E-state index in [1.54, 1.807) is 6.07 Å². The third-order valence-electron chi connectivity index (χ3n) is 5.30. The number of hydrogen-bond acceptors (Lipinski definition) is 4. The van der Waals surface area contributed by atoms with E-state index in [0.717, 1.165) is 22.6 Å². The summed E-state index contributed by atoms with van der Waals surface area (Å²) >= 11 is 0. The minimum atomic E-state index is -0.262. The summed E-state index contributed by atoms with van der Waals surface area (Å²) in [7, 11) is 0. The van der Waals surface area contributed by atoms with Crippen LogP contribution in [-0.4, -0.2) is 40.6 Å². The molecular weight excluding hydrogens is 354 g/mol. The van der Waals surface area contributed by atoms with Gasteiger partial charge in [0, 0.05) is 18.2 Å². The summed E-state index contributed by atoms with van der Waals surface area (Å²) in [6.45, 7) is 0.598. The summed E-state index contributed by atoms with van der Waals surface area (Å²) in [6.07, 6.45) is 0.575. The second-order valence-electron chi connectivity index (χ2n) is 7.11. The molecule has 2 unspecified atom stereocenters. The molecule has 2 aliphatic heterocycles. The zero-order valence-corrected chi connectivity index (χ0v) is 15.1.